The lowest BCUT2D eigenvalue weighted by molar-refractivity contribution is -0.149. The molecule has 1 saturated carbocycles. The normalized spacial score (nSPS) is 24.2. The van der Waals surface area contributed by atoms with Crippen LogP contribution in [-0.4, -0.2) is 32.2 Å². The number of amides is 1. The average Bonchev–Trinajstić information content (AvgIpc) is 2.77. The second kappa shape index (κ2) is 5.14. The maximum atomic E-state index is 12.7. The molecule has 1 aliphatic rings. The standard InChI is InChI=1S/C10H14F3N5O/c1-6(19)14-7-2-4-8(5-3-7)18-9(10(11,12)13)15-16-17-18/h7-8H,2-5H2,1H3,(H,14,19)/t7-,8-. The number of nitrogens with one attached hydrogen (secondary N) is 1. The highest BCUT2D eigenvalue weighted by atomic mass is 19.4. The van der Waals surface area contributed by atoms with Gasteiger partial charge in [-0.05, 0) is 36.1 Å². The zero-order valence-corrected chi connectivity index (χ0v) is 10.3. The van der Waals surface area contributed by atoms with Crippen molar-refractivity contribution in [2.24, 2.45) is 0 Å². The van der Waals surface area contributed by atoms with E-state index in [0.717, 1.165) is 4.68 Å². The van der Waals surface area contributed by atoms with Crippen LogP contribution < -0.4 is 5.32 Å². The summed E-state index contributed by atoms with van der Waals surface area (Å²) >= 11 is 0. The largest absolute Gasteiger partial charge is 0.453 e. The summed E-state index contributed by atoms with van der Waals surface area (Å²) in [4.78, 5) is 10.9. The predicted octanol–water partition coefficient (Wildman–Crippen LogP) is 1.31. The Balaban J connectivity index is 2.02. The second-order valence-electron chi connectivity index (χ2n) is 4.65. The second-order valence-corrected chi connectivity index (χ2v) is 4.65. The van der Waals surface area contributed by atoms with Gasteiger partial charge in [0.2, 0.25) is 5.91 Å². The van der Waals surface area contributed by atoms with Crippen LogP contribution in [0.4, 0.5) is 13.2 Å². The zero-order chi connectivity index (χ0) is 14.0. The molecule has 0 radical (unpaired) electrons. The summed E-state index contributed by atoms with van der Waals surface area (Å²) in [5.41, 5.74) is 0. The molecule has 0 aromatic carbocycles. The number of tetrazole rings is 1. The van der Waals surface area contributed by atoms with Crippen LogP contribution >= 0.6 is 0 Å². The van der Waals surface area contributed by atoms with E-state index in [1.165, 1.54) is 6.92 Å². The van der Waals surface area contributed by atoms with E-state index >= 15 is 0 Å². The molecule has 0 unspecified atom stereocenters. The number of carbonyl (C=O) groups is 1. The molecule has 9 heteroatoms. The lowest BCUT2D eigenvalue weighted by atomic mass is 9.91. The molecule has 0 bridgehead atoms. The number of nitrogens with zero attached hydrogens (tertiary/aromatic N) is 4. The zero-order valence-electron chi connectivity index (χ0n) is 10.3. The summed E-state index contributed by atoms with van der Waals surface area (Å²) in [6.45, 7) is 1.43. The van der Waals surface area contributed by atoms with Crippen LogP contribution in [-0.2, 0) is 11.0 Å². The lowest BCUT2D eigenvalue weighted by Crippen LogP contribution is -2.37. The molecule has 2 rings (SSSR count). The van der Waals surface area contributed by atoms with Crippen LogP contribution in [0.1, 0.15) is 44.5 Å². The molecule has 1 aromatic rings. The lowest BCUT2D eigenvalue weighted by Gasteiger charge is -2.29. The van der Waals surface area contributed by atoms with Gasteiger partial charge in [-0.25, -0.2) is 4.68 Å². The van der Waals surface area contributed by atoms with E-state index in [1.54, 1.807) is 0 Å². The number of hydrogen-bond acceptors (Lipinski definition) is 4. The summed E-state index contributed by atoms with van der Waals surface area (Å²) in [6, 6.07) is -0.337. The Labute approximate surface area is 107 Å². The van der Waals surface area contributed by atoms with E-state index in [1.807, 2.05) is 0 Å². The minimum atomic E-state index is -4.54. The number of aromatic nitrogens is 4. The van der Waals surface area contributed by atoms with Gasteiger partial charge in [-0.3, -0.25) is 4.79 Å². The Bertz CT molecular complexity index is 450. The molecule has 6 nitrogen and oxygen atoms in total. The highest BCUT2D eigenvalue weighted by Crippen LogP contribution is 2.33. The van der Waals surface area contributed by atoms with Crippen LogP contribution in [0.15, 0.2) is 0 Å². The van der Waals surface area contributed by atoms with Crippen LogP contribution in [0, 0.1) is 0 Å². The minimum Gasteiger partial charge on any atom is -0.354 e. The van der Waals surface area contributed by atoms with E-state index in [9.17, 15) is 18.0 Å². The van der Waals surface area contributed by atoms with Crippen molar-refractivity contribution in [2.45, 2.75) is 50.9 Å². The Morgan fingerprint density at radius 1 is 1.32 bits per heavy atom. The highest BCUT2D eigenvalue weighted by Gasteiger charge is 2.40. The van der Waals surface area contributed by atoms with Gasteiger partial charge in [0.15, 0.2) is 0 Å². The molecule has 0 atom stereocenters. The first-order valence-corrected chi connectivity index (χ1v) is 6.00. The smallest absolute Gasteiger partial charge is 0.354 e. The van der Waals surface area contributed by atoms with E-state index in [4.69, 9.17) is 0 Å². The molecule has 0 spiro atoms. The molecule has 1 heterocycles. The monoisotopic (exact) mass is 277 g/mol. The third-order valence-corrected chi connectivity index (χ3v) is 3.20. The first kappa shape index (κ1) is 13.8. The molecule has 1 fully saturated rings. The number of carbonyl (C=O) groups excluding carboxylic acids is 1. The van der Waals surface area contributed by atoms with Gasteiger partial charge in [0.1, 0.15) is 0 Å². The van der Waals surface area contributed by atoms with Crippen molar-refractivity contribution < 1.29 is 18.0 Å². The Morgan fingerprint density at radius 3 is 2.47 bits per heavy atom. The van der Waals surface area contributed by atoms with Crippen molar-refractivity contribution in [3.05, 3.63) is 5.82 Å². The predicted molar refractivity (Wildman–Crippen MR) is 57.9 cm³/mol. The van der Waals surface area contributed by atoms with E-state index in [0.29, 0.717) is 25.7 Å². The Hall–Kier alpha value is -1.67. The first-order chi connectivity index (χ1) is 8.88. The molecule has 1 N–H and O–H groups in total. The fourth-order valence-electron chi connectivity index (χ4n) is 2.38. The van der Waals surface area contributed by atoms with Gasteiger partial charge < -0.3 is 5.32 Å². The molecule has 0 saturated heterocycles. The van der Waals surface area contributed by atoms with Crippen LogP contribution in [0.25, 0.3) is 0 Å². The van der Waals surface area contributed by atoms with Gasteiger partial charge >= 0.3 is 6.18 Å². The van der Waals surface area contributed by atoms with Crippen LogP contribution in [0.2, 0.25) is 0 Å². The topological polar surface area (TPSA) is 72.7 Å². The molecule has 1 aliphatic carbocycles. The van der Waals surface area contributed by atoms with Gasteiger partial charge in [-0.2, -0.15) is 13.2 Å². The number of alkyl halides is 3. The summed E-state index contributed by atoms with van der Waals surface area (Å²) in [7, 11) is 0. The van der Waals surface area contributed by atoms with Gasteiger partial charge in [0.25, 0.3) is 5.82 Å². The van der Waals surface area contributed by atoms with Gasteiger partial charge in [-0.15, -0.1) is 5.10 Å². The molecule has 1 aromatic heterocycles. The van der Waals surface area contributed by atoms with Gasteiger partial charge in [0.05, 0.1) is 6.04 Å². The summed E-state index contributed by atoms with van der Waals surface area (Å²) in [6.07, 6.45) is -2.26. The quantitative estimate of drug-likeness (QED) is 0.884. The fraction of sp³-hybridized carbons (Fsp3) is 0.800. The van der Waals surface area contributed by atoms with Crippen molar-refractivity contribution in [1.82, 2.24) is 25.5 Å². The summed E-state index contributed by atoms with van der Waals surface area (Å²) in [5.74, 6) is -1.18. The summed E-state index contributed by atoms with van der Waals surface area (Å²) < 4.78 is 38.8. The fourth-order valence-corrected chi connectivity index (χ4v) is 2.38. The number of rotatable bonds is 2. The molecular weight excluding hydrogens is 263 g/mol. The van der Waals surface area contributed by atoms with Crippen LogP contribution in [0.5, 0.6) is 0 Å². The Kier molecular flexibility index (Phi) is 3.72. The summed E-state index contributed by atoms with van der Waals surface area (Å²) in [5, 5.41) is 12.4. The maximum absolute atomic E-state index is 12.7. The molecule has 19 heavy (non-hydrogen) atoms. The third kappa shape index (κ3) is 3.21. The number of hydrogen-bond donors (Lipinski definition) is 1. The van der Waals surface area contributed by atoms with Gasteiger partial charge in [0, 0.05) is 13.0 Å². The van der Waals surface area contributed by atoms with Gasteiger partial charge in [-0.1, -0.05) is 0 Å². The van der Waals surface area contributed by atoms with E-state index in [-0.39, 0.29) is 18.0 Å². The van der Waals surface area contributed by atoms with E-state index < -0.39 is 12.0 Å². The maximum Gasteiger partial charge on any atom is 0.453 e. The van der Waals surface area contributed by atoms with Crippen molar-refractivity contribution in [2.75, 3.05) is 0 Å². The molecule has 106 valence electrons. The number of halogens is 3. The van der Waals surface area contributed by atoms with Crippen molar-refractivity contribution in [3.8, 4) is 0 Å². The Morgan fingerprint density at radius 2 is 1.95 bits per heavy atom. The molecule has 1 amide bonds. The molecule has 0 aliphatic heterocycles. The van der Waals surface area contributed by atoms with E-state index in [2.05, 4.69) is 20.8 Å². The average molecular weight is 277 g/mol. The minimum absolute atomic E-state index is 0.0274. The van der Waals surface area contributed by atoms with Crippen LogP contribution in [0.3, 0.4) is 0 Å². The van der Waals surface area contributed by atoms with Crippen molar-refractivity contribution in [3.63, 3.8) is 0 Å². The van der Waals surface area contributed by atoms with Crippen molar-refractivity contribution >= 4 is 5.91 Å². The van der Waals surface area contributed by atoms with Crippen molar-refractivity contribution in [1.29, 1.82) is 0 Å². The SMILES string of the molecule is CC(=O)N[C@H]1CC[C@H](n2nnnc2C(F)(F)F)CC1. The first-order valence-electron chi connectivity index (χ1n) is 6.00. The highest BCUT2D eigenvalue weighted by molar-refractivity contribution is 5.73. The third-order valence-electron chi connectivity index (χ3n) is 3.20. The molecular formula is C10H14F3N5O.